The summed E-state index contributed by atoms with van der Waals surface area (Å²) in [6.45, 7) is 2.62. The average Bonchev–Trinajstić information content (AvgIpc) is 2.96. The number of hydrogen-bond acceptors (Lipinski definition) is 10. The lowest BCUT2D eigenvalue weighted by molar-refractivity contribution is 0.122. The van der Waals surface area contributed by atoms with Crippen LogP contribution < -0.4 is 15.4 Å². The standard InChI is InChI=1S/C27H25N7O2S/c1-35-20-9-7-18(8-10-20)21-15-23(19-5-3-2-4-6-19)30-25(22(21)16-28)37-17-24-31-26(29)33-27(32-24)34-11-13-36-14-12-34/h2-10,15H,11-14,17H2,1H3,(H2,29,31,32,33). The number of ether oxygens (including phenoxy) is 2. The van der Waals surface area contributed by atoms with Gasteiger partial charge in [0.15, 0.2) is 0 Å². The number of rotatable bonds is 7. The Morgan fingerprint density at radius 1 is 1.00 bits per heavy atom. The second-order valence-electron chi connectivity index (χ2n) is 8.24. The van der Waals surface area contributed by atoms with Gasteiger partial charge in [0.25, 0.3) is 0 Å². The molecule has 0 radical (unpaired) electrons. The predicted octanol–water partition coefficient (Wildman–Crippen LogP) is 4.19. The van der Waals surface area contributed by atoms with Gasteiger partial charge in [0.1, 0.15) is 22.7 Å². The number of nitrogens with zero attached hydrogens (tertiary/aromatic N) is 6. The Balaban J connectivity index is 1.51. The molecule has 1 aliphatic heterocycles. The molecule has 10 heteroatoms. The number of thioether (sulfide) groups is 1. The van der Waals surface area contributed by atoms with E-state index in [1.807, 2.05) is 65.6 Å². The molecule has 0 unspecified atom stereocenters. The highest BCUT2D eigenvalue weighted by atomic mass is 32.2. The van der Waals surface area contributed by atoms with Crippen LogP contribution >= 0.6 is 11.8 Å². The van der Waals surface area contributed by atoms with E-state index < -0.39 is 0 Å². The van der Waals surface area contributed by atoms with Crippen LogP contribution in [0.5, 0.6) is 5.75 Å². The molecule has 0 bridgehead atoms. The van der Waals surface area contributed by atoms with Crippen LogP contribution in [0.25, 0.3) is 22.4 Å². The van der Waals surface area contributed by atoms with Crippen LogP contribution in [0.2, 0.25) is 0 Å². The monoisotopic (exact) mass is 511 g/mol. The van der Waals surface area contributed by atoms with Gasteiger partial charge in [-0.05, 0) is 23.8 Å². The molecular formula is C27H25N7O2S. The molecule has 1 saturated heterocycles. The van der Waals surface area contributed by atoms with Gasteiger partial charge in [-0.1, -0.05) is 54.2 Å². The number of nitriles is 1. The third kappa shape index (κ3) is 5.63. The van der Waals surface area contributed by atoms with Crippen molar-refractivity contribution in [2.75, 3.05) is 44.0 Å². The number of nitrogens with two attached hydrogens (primary N) is 1. The Hall–Kier alpha value is -4.20. The summed E-state index contributed by atoms with van der Waals surface area (Å²) >= 11 is 1.40. The molecule has 5 rings (SSSR count). The first-order valence-corrected chi connectivity index (χ1v) is 12.7. The molecule has 4 aromatic rings. The molecule has 37 heavy (non-hydrogen) atoms. The van der Waals surface area contributed by atoms with Gasteiger partial charge in [-0.15, -0.1) is 0 Å². The van der Waals surface area contributed by atoms with E-state index in [1.54, 1.807) is 7.11 Å². The molecule has 1 fully saturated rings. The molecule has 0 saturated carbocycles. The highest BCUT2D eigenvalue weighted by Gasteiger charge is 2.19. The zero-order chi connectivity index (χ0) is 25.6. The molecule has 0 atom stereocenters. The fourth-order valence-electron chi connectivity index (χ4n) is 4.02. The first-order valence-electron chi connectivity index (χ1n) is 11.8. The molecule has 0 amide bonds. The van der Waals surface area contributed by atoms with Gasteiger partial charge >= 0.3 is 0 Å². The quantitative estimate of drug-likeness (QED) is 0.361. The van der Waals surface area contributed by atoms with Crippen molar-refractivity contribution in [3.8, 4) is 34.2 Å². The highest BCUT2D eigenvalue weighted by Crippen LogP contribution is 2.35. The number of nitrogen functional groups attached to an aromatic ring is 1. The normalized spacial score (nSPS) is 13.2. The van der Waals surface area contributed by atoms with Crippen LogP contribution in [0.1, 0.15) is 11.4 Å². The van der Waals surface area contributed by atoms with E-state index in [0.717, 1.165) is 28.1 Å². The van der Waals surface area contributed by atoms with Gasteiger partial charge in [-0.3, -0.25) is 0 Å². The predicted molar refractivity (Wildman–Crippen MR) is 143 cm³/mol. The van der Waals surface area contributed by atoms with Gasteiger partial charge in [0.2, 0.25) is 11.9 Å². The number of benzene rings is 2. The van der Waals surface area contributed by atoms with Crippen LogP contribution in [-0.2, 0) is 10.5 Å². The molecule has 2 N–H and O–H groups in total. The topological polar surface area (TPSA) is 123 Å². The van der Waals surface area contributed by atoms with Gasteiger partial charge in [0.05, 0.1) is 37.3 Å². The minimum Gasteiger partial charge on any atom is -0.497 e. The summed E-state index contributed by atoms with van der Waals surface area (Å²) < 4.78 is 10.7. The van der Waals surface area contributed by atoms with Crippen molar-refractivity contribution in [2.45, 2.75) is 10.8 Å². The van der Waals surface area contributed by atoms with Crippen molar-refractivity contribution >= 4 is 23.7 Å². The fraction of sp³-hybridized carbons (Fsp3) is 0.222. The van der Waals surface area contributed by atoms with Crippen molar-refractivity contribution in [2.24, 2.45) is 0 Å². The summed E-state index contributed by atoms with van der Waals surface area (Å²) in [7, 11) is 1.63. The fourth-order valence-corrected chi connectivity index (χ4v) is 4.87. The van der Waals surface area contributed by atoms with Gasteiger partial charge < -0.3 is 20.1 Å². The molecule has 2 aromatic carbocycles. The van der Waals surface area contributed by atoms with E-state index in [2.05, 4.69) is 21.0 Å². The van der Waals surface area contributed by atoms with Crippen molar-refractivity contribution in [1.82, 2.24) is 19.9 Å². The van der Waals surface area contributed by atoms with Crippen LogP contribution in [0, 0.1) is 11.3 Å². The largest absolute Gasteiger partial charge is 0.497 e. The lowest BCUT2D eigenvalue weighted by atomic mass is 9.99. The van der Waals surface area contributed by atoms with E-state index in [1.165, 1.54) is 11.8 Å². The number of anilines is 2. The Labute approximate surface area is 219 Å². The lowest BCUT2D eigenvalue weighted by Crippen LogP contribution is -2.37. The number of methoxy groups -OCH3 is 1. The zero-order valence-electron chi connectivity index (χ0n) is 20.3. The van der Waals surface area contributed by atoms with Crippen molar-refractivity contribution in [1.29, 1.82) is 5.26 Å². The van der Waals surface area contributed by atoms with Gasteiger partial charge in [-0.25, -0.2) is 4.98 Å². The summed E-state index contributed by atoms with van der Waals surface area (Å²) in [4.78, 5) is 20.2. The number of aromatic nitrogens is 4. The van der Waals surface area contributed by atoms with Crippen LogP contribution in [0.15, 0.2) is 65.7 Å². The molecule has 186 valence electrons. The summed E-state index contributed by atoms with van der Waals surface area (Å²) in [6, 6.07) is 21.9. The molecule has 3 heterocycles. The van der Waals surface area contributed by atoms with E-state index in [9.17, 15) is 5.26 Å². The number of hydrogen-bond donors (Lipinski definition) is 1. The summed E-state index contributed by atoms with van der Waals surface area (Å²) in [6.07, 6.45) is 0. The lowest BCUT2D eigenvalue weighted by Gasteiger charge is -2.26. The van der Waals surface area contributed by atoms with Crippen LogP contribution in [-0.4, -0.2) is 53.3 Å². The minimum atomic E-state index is 0.164. The average molecular weight is 512 g/mol. The second kappa shape index (κ2) is 11.2. The summed E-state index contributed by atoms with van der Waals surface area (Å²) in [5.41, 5.74) is 9.93. The number of morpholine rings is 1. The van der Waals surface area contributed by atoms with Gasteiger partial charge in [0, 0.05) is 24.2 Å². The maximum Gasteiger partial charge on any atom is 0.230 e. The molecule has 9 nitrogen and oxygen atoms in total. The molecule has 2 aromatic heterocycles. The Kier molecular flexibility index (Phi) is 7.44. The molecule has 0 spiro atoms. The van der Waals surface area contributed by atoms with Crippen LogP contribution in [0.4, 0.5) is 11.9 Å². The Morgan fingerprint density at radius 3 is 2.46 bits per heavy atom. The number of pyridine rings is 1. The molecule has 1 aliphatic rings. The van der Waals surface area contributed by atoms with E-state index >= 15 is 0 Å². The maximum atomic E-state index is 10.2. The molecular weight excluding hydrogens is 486 g/mol. The molecule has 0 aliphatic carbocycles. The van der Waals surface area contributed by atoms with Crippen LogP contribution in [0.3, 0.4) is 0 Å². The second-order valence-corrected chi connectivity index (χ2v) is 9.20. The summed E-state index contributed by atoms with van der Waals surface area (Å²) in [5.74, 6) is 2.36. The third-order valence-electron chi connectivity index (χ3n) is 5.89. The van der Waals surface area contributed by atoms with Crippen molar-refractivity contribution in [3.05, 3.63) is 72.1 Å². The SMILES string of the molecule is COc1ccc(-c2cc(-c3ccccc3)nc(SCc3nc(N)nc(N4CCOCC4)n3)c2C#N)cc1. The zero-order valence-corrected chi connectivity index (χ0v) is 21.1. The third-order valence-corrected chi connectivity index (χ3v) is 6.86. The first kappa shape index (κ1) is 24.5. The maximum absolute atomic E-state index is 10.2. The van der Waals surface area contributed by atoms with E-state index in [4.69, 9.17) is 20.2 Å². The first-order chi connectivity index (χ1) is 18.1. The summed E-state index contributed by atoms with van der Waals surface area (Å²) in [5, 5.41) is 10.8. The Morgan fingerprint density at radius 2 is 1.76 bits per heavy atom. The van der Waals surface area contributed by atoms with Crippen molar-refractivity contribution in [3.63, 3.8) is 0 Å². The van der Waals surface area contributed by atoms with Gasteiger partial charge in [-0.2, -0.15) is 20.2 Å². The Bertz CT molecular complexity index is 1420. The smallest absolute Gasteiger partial charge is 0.230 e. The van der Waals surface area contributed by atoms with E-state index in [0.29, 0.717) is 54.4 Å². The minimum absolute atomic E-state index is 0.164. The van der Waals surface area contributed by atoms with E-state index in [-0.39, 0.29) is 5.95 Å². The van der Waals surface area contributed by atoms with Crippen molar-refractivity contribution < 1.29 is 9.47 Å². The highest BCUT2D eigenvalue weighted by molar-refractivity contribution is 7.98.